The van der Waals surface area contributed by atoms with Gasteiger partial charge in [-0.3, -0.25) is 0 Å². The van der Waals surface area contributed by atoms with Crippen LogP contribution in [0.2, 0.25) is 0 Å². The van der Waals surface area contributed by atoms with Crippen LogP contribution in [0.5, 0.6) is 11.5 Å². The van der Waals surface area contributed by atoms with Gasteiger partial charge in [0.1, 0.15) is 23.6 Å². The van der Waals surface area contributed by atoms with Gasteiger partial charge in [0.05, 0.1) is 19.7 Å². The molecule has 1 heterocycles. The molecule has 0 atom stereocenters. The van der Waals surface area contributed by atoms with Gasteiger partial charge in [0.15, 0.2) is 0 Å². The first-order chi connectivity index (χ1) is 14.6. The molecule has 0 spiro atoms. The Kier molecular flexibility index (Phi) is 5.95. The van der Waals surface area contributed by atoms with E-state index in [4.69, 9.17) is 9.47 Å². The fourth-order valence-corrected chi connectivity index (χ4v) is 3.42. The summed E-state index contributed by atoms with van der Waals surface area (Å²) in [6, 6.07) is 19.9. The van der Waals surface area contributed by atoms with Crippen molar-refractivity contribution < 1.29 is 9.47 Å². The van der Waals surface area contributed by atoms with Crippen molar-refractivity contribution in [2.75, 3.05) is 19.5 Å². The van der Waals surface area contributed by atoms with E-state index in [1.807, 2.05) is 54.6 Å². The van der Waals surface area contributed by atoms with Crippen molar-refractivity contribution in [3.8, 4) is 11.5 Å². The summed E-state index contributed by atoms with van der Waals surface area (Å²) >= 11 is 3.51. The highest BCUT2D eigenvalue weighted by atomic mass is 79.9. The summed E-state index contributed by atoms with van der Waals surface area (Å²) in [6.45, 7) is 0. The van der Waals surface area contributed by atoms with Crippen molar-refractivity contribution in [1.82, 2.24) is 9.97 Å². The Morgan fingerprint density at radius 1 is 0.800 bits per heavy atom. The Balaban J connectivity index is 1.53. The standard InChI is InChI=1S/C24H20BrN3O2/c1-29-20-11-17(12-21(14-20)30-2)4-3-16-5-8-19(9-6-16)28-24-22-13-18(25)7-10-23(22)26-15-27-24/h3-15H,1-2H3,(H,26,27,28)/b4-3+. The number of nitrogens with zero attached hydrogens (tertiary/aromatic N) is 2. The molecule has 0 bridgehead atoms. The second kappa shape index (κ2) is 8.97. The number of nitrogens with one attached hydrogen (secondary N) is 1. The number of fused-ring (bicyclic) bond motifs is 1. The Labute approximate surface area is 183 Å². The first-order valence-electron chi connectivity index (χ1n) is 9.33. The quantitative estimate of drug-likeness (QED) is 0.340. The van der Waals surface area contributed by atoms with Gasteiger partial charge in [-0.1, -0.05) is 40.2 Å². The summed E-state index contributed by atoms with van der Waals surface area (Å²) < 4.78 is 11.6. The Morgan fingerprint density at radius 3 is 2.20 bits per heavy atom. The third-order valence-corrected chi connectivity index (χ3v) is 5.11. The number of aromatic nitrogens is 2. The molecule has 4 aromatic rings. The lowest BCUT2D eigenvalue weighted by atomic mass is 10.1. The number of hydrogen-bond acceptors (Lipinski definition) is 5. The van der Waals surface area contributed by atoms with Crippen LogP contribution in [0.3, 0.4) is 0 Å². The minimum atomic E-state index is 0.761. The van der Waals surface area contributed by atoms with Gasteiger partial charge in [0.2, 0.25) is 0 Å². The van der Waals surface area contributed by atoms with Gasteiger partial charge in [-0.05, 0) is 53.6 Å². The number of hydrogen-bond donors (Lipinski definition) is 1. The molecule has 30 heavy (non-hydrogen) atoms. The van der Waals surface area contributed by atoms with Crippen molar-refractivity contribution in [3.05, 3.63) is 82.6 Å². The third-order valence-electron chi connectivity index (χ3n) is 4.61. The van der Waals surface area contributed by atoms with E-state index in [1.54, 1.807) is 20.5 Å². The third kappa shape index (κ3) is 4.60. The van der Waals surface area contributed by atoms with Crippen molar-refractivity contribution in [1.29, 1.82) is 0 Å². The minimum absolute atomic E-state index is 0.761. The second-order valence-electron chi connectivity index (χ2n) is 6.61. The van der Waals surface area contributed by atoms with E-state index in [1.165, 1.54) is 0 Å². The van der Waals surface area contributed by atoms with Gasteiger partial charge in [0, 0.05) is 21.6 Å². The number of rotatable bonds is 6. The van der Waals surface area contributed by atoms with E-state index in [0.717, 1.165) is 49.5 Å². The maximum absolute atomic E-state index is 5.32. The van der Waals surface area contributed by atoms with Gasteiger partial charge in [-0.25, -0.2) is 9.97 Å². The normalized spacial score (nSPS) is 11.0. The highest BCUT2D eigenvalue weighted by Crippen LogP contribution is 2.27. The predicted octanol–water partition coefficient (Wildman–Crippen LogP) is 6.32. The first-order valence-corrected chi connectivity index (χ1v) is 10.1. The molecule has 0 fully saturated rings. The second-order valence-corrected chi connectivity index (χ2v) is 7.53. The van der Waals surface area contributed by atoms with E-state index in [0.29, 0.717) is 0 Å². The molecular weight excluding hydrogens is 442 g/mol. The molecule has 0 aliphatic heterocycles. The van der Waals surface area contributed by atoms with E-state index in [2.05, 4.69) is 49.4 Å². The fraction of sp³-hybridized carbons (Fsp3) is 0.0833. The molecule has 0 aliphatic rings. The van der Waals surface area contributed by atoms with E-state index < -0.39 is 0 Å². The molecule has 0 radical (unpaired) electrons. The Morgan fingerprint density at radius 2 is 1.50 bits per heavy atom. The average Bonchev–Trinajstić information content (AvgIpc) is 2.78. The molecule has 3 aromatic carbocycles. The maximum Gasteiger partial charge on any atom is 0.141 e. The summed E-state index contributed by atoms with van der Waals surface area (Å²) in [5.41, 5.74) is 3.93. The van der Waals surface area contributed by atoms with Crippen LogP contribution >= 0.6 is 15.9 Å². The molecule has 6 heteroatoms. The molecule has 4 rings (SSSR count). The van der Waals surface area contributed by atoms with Crippen LogP contribution in [0, 0.1) is 0 Å². The summed E-state index contributed by atoms with van der Waals surface area (Å²) in [6.07, 6.45) is 5.65. The molecule has 1 N–H and O–H groups in total. The van der Waals surface area contributed by atoms with Gasteiger partial charge >= 0.3 is 0 Å². The topological polar surface area (TPSA) is 56.3 Å². The lowest BCUT2D eigenvalue weighted by Crippen LogP contribution is -1.96. The Bertz CT molecular complexity index is 1180. The number of ether oxygens (including phenoxy) is 2. The zero-order valence-corrected chi connectivity index (χ0v) is 18.2. The summed E-state index contributed by atoms with van der Waals surface area (Å²) in [5, 5.41) is 4.34. The van der Waals surface area contributed by atoms with Crippen LogP contribution in [-0.4, -0.2) is 24.2 Å². The van der Waals surface area contributed by atoms with Crippen molar-refractivity contribution >= 4 is 50.5 Å². The number of methoxy groups -OCH3 is 2. The zero-order valence-electron chi connectivity index (χ0n) is 16.6. The van der Waals surface area contributed by atoms with Crippen LogP contribution in [0.4, 0.5) is 11.5 Å². The molecule has 5 nitrogen and oxygen atoms in total. The van der Waals surface area contributed by atoms with Crippen LogP contribution in [0.15, 0.2) is 71.5 Å². The van der Waals surface area contributed by atoms with Gasteiger partial charge in [-0.15, -0.1) is 0 Å². The van der Waals surface area contributed by atoms with E-state index >= 15 is 0 Å². The summed E-state index contributed by atoms with van der Waals surface area (Å²) in [7, 11) is 3.29. The van der Waals surface area contributed by atoms with Crippen molar-refractivity contribution in [3.63, 3.8) is 0 Å². The van der Waals surface area contributed by atoms with Crippen LogP contribution < -0.4 is 14.8 Å². The Hall–Kier alpha value is -3.38. The molecule has 0 saturated carbocycles. The zero-order chi connectivity index (χ0) is 20.9. The summed E-state index contributed by atoms with van der Waals surface area (Å²) in [5.74, 6) is 2.29. The van der Waals surface area contributed by atoms with Gasteiger partial charge < -0.3 is 14.8 Å². The molecule has 1 aromatic heterocycles. The SMILES string of the molecule is COc1cc(/C=C/c2ccc(Nc3ncnc4ccc(Br)cc34)cc2)cc(OC)c1. The predicted molar refractivity (Wildman–Crippen MR) is 125 cm³/mol. The monoisotopic (exact) mass is 461 g/mol. The minimum Gasteiger partial charge on any atom is -0.497 e. The molecule has 0 saturated heterocycles. The highest BCUT2D eigenvalue weighted by molar-refractivity contribution is 9.10. The van der Waals surface area contributed by atoms with E-state index in [9.17, 15) is 0 Å². The lowest BCUT2D eigenvalue weighted by molar-refractivity contribution is 0.394. The largest absolute Gasteiger partial charge is 0.497 e. The van der Waals surface area contributed by atoms with Crippen molar-refractivity contribution in [2.45, 2.75) is 0 Å². The average molecular weight is 462 g/mol. The number of halogens is 1. The van der Waals surface area contributed by atoms with Crippen LogP contribution in [0.25, 0.3) is 23.1 Å². The summed E-state index contributed by atoms with van der Waals surface area (Å²) in [4.78, 5) is 8.71. The smallest absolute Gasteiger partial charge is 0.141 e. The highest BCUT2D eigenvalue weighted by Gasteiger charge is 2.05. The lowest BCUT2D eigenvalue weighted by Gasteiger charge is -2.09. The van der Waals surface area contributed by atoms with Gasteiger partial charge in [-0.2, -0.15) is 0 Å². The van der Waals surface area contributed by atoms with Crippen molar-refractivity contribution in [2.24, 2.45) is 0 Å². The number of benzene rings is 3. The van der Waals surface area contributed by atoms with Crippen LogP contribution in [0.1, 0.15) is 11.1 Å². The first kappa shape index (κ1) is 19.9. The molecule has 0 unspecified atom stereocenters. The fourth-order valence-electron chi connectivity index (χ4n) is 3.06. The molecule has 0 aliphatic carbocycles. The van der Waals surface area contributed by atoms with Crippen LogP contribution in [-0.2, 0) is 0 Å². The van der Waals surface area contributed by atoms with E-state index in [-0.39, 0.29) is 0 Å². The molecule has 150 valence electrons. The van der Waals surface area contributed by atoms with Gasteiger partial charge in [0.25, 0.3) is 0 Å². The molecule has 0 amide bonds. The maximum atomic E-state index is 5.32. The molecular formula is C24H20BrN3O2. The number of anilines is 2.